The summed E-state index contributed by atoms with van der Waals surface area (Å²) in [6, 6.07) is 6.84. The van der Waals surface area contributed by atoms with Crippen molar-refractivity contribution in [3.05, 3.63) is 24.3 Å². The number of nitrogens with one attached hydrogen (secondary N) is 2. The van der Waals surface area contributed by atoms with Crippen molar-refractivity contribution >= 4 is 28.3 Å². The Morgan fingerprint density at radius 2 is 2.04 bits per heavy atom. The van der Waals surface area contributed by atoms with Gasteiger partial charge >= 0.3 is 0 Å². The van der Waals surface area contributed by atoms with E-state index in [-0.39, 0.29) is 11.8 Å². The molecule has 1 heterocycles. The number of aromatic nitrogens is 2. The number of methoxy groups -OCH3 is 1. The van der Waals surface area contributed by atoms with Gasteiger partial charge in [0.05, 0.1) is 7.11 Å². The first kappa shape index (κ1) is 20.8. The number of unbranched alkanes of at least 4 members (excludes halogenated alkanes) is 3. The molecule has 0 saturated carbocycles. The zero-order valence-corrected chi connectivity index (χ0v) is 16.8. The second kappa shape index (κ2) is 10.6. The first-order valence-corrected chi connectivity index (χ1v) is 9.93. The first-order valence-electron chi connectivity index (χ1n) is 9.11. The molecule has 0 radical (unpaired) electrons. The van der Waals surface area contributed by atoms with Gasteiger partial charge in [-0.2, -0.15) is 0 Å². The van der Waals surface area contributed by atoms with Gasteiger partial charge in [0.15, 0.2) is 0 Å². The first-order chi connectivity index (χ1) is 13.0. The summed E-state index contributed by atoms with van der Waals surface area (Å²) < 4.78 is 5.20. The van der Waals surface area contributed by atoms with Crippen LogP contribution in [0.5, 0.6) is 5.75 Å². The average Bonchev–Trinajstić information content (AvgIpc) is 3.13. The van der Waals surface area contributed by atoms with Crippen LogP contribution >= 0.6 is 11.3 Å². The van der Waals surface area contributed by atoms with Crippen LogP contribution in [-0.4, -0.2) is 35.2 Å². The van der Waals surface area contributed by atoms with E-state index in [1.54, 1.807) is 14.0 Å². The van der Waals surface area contributed by atoms with E-state index in [4.69, 9.17) is 4.74 Å². The molecule has 2 rings (SSSR count). The number of nitrogens with zero attached hydrogens (tertiary/aromatic N) is 2. The van der Waals surface area contributed by atoms with Crippen LogP contribution in [-0.2, 0) is 9.59 Å². The lowest BCUT2D eigenvalue weighted by atomic mass is 10.1. The molecule has 0 spiro atoms. The fraction of sp³-hybridized carbons (Fsp3) is 0.474. The van der Waals surface area contributed by atoms with Crippen molar-refractivity contribution in [2.24, 2.45) is 0 Å². The van der Waals surface area contributed by atoms with Gasteiger partial charge in [0.25, 0.3) is 0 Å². The van der Waals surface area contributed by atoms with Crippen LogP contribution in [0.4, 0.5) is 5.13 Å². The van der Waals surface area contributed by atoms with Gasteiger partial charge in [-0.1, -0.05) is 49.7 Å². The van der Waals surface area contributed by atoms with Gasteiger partial charge in [-0.05, 0) is 25.5 Å². The highest BCUT2D eigenvalue weighted by Gasteiger charge is 2.17. The molecule has 1 atom stereocenters. The Balaban J connectivity index is 1.86. The molecular formula is C19H26N4O3S. The summed E-state index contributed by atoms with van der Waals surface area (Å²) in [5.41, 5.74) is 0.862. The monoisotopic (exact) mass is 390 g/mol. The summed E-state index contributed by atoms with van der Waals surface area (Å²) in [6.07, 6.45) is 4.56. The Morgan fingerprint density at radius 1 is 1.22 bits per heavy atom. The largest absolute Gasteiger partial charge is 0.497 e. The lowest BCUT2D eigenvalue weighted by Gasteiger charge is -2.12. The van der Waals surface area contributed by atoms with E-state index in [2.05, 4.69) is 27.8 Å². The van der Waals surface area contributed by atoms with E-state index in [0.29, 0.717) is 16.6 Å². The van der Waals surface area contributed by atoms with E-state index in [9.17, 15) is 9.59 Å². The maximum Gasteiger partial charge on any atom is 0.248 e. The molecule has 7 nitrogen and oxygen atoms in total. The topological polar surface area (TPSA) is 93.2 Å². The number of rotatable bonds is 10. The molecule has 0 bridgehead atoms. The molecule has 1 aromatic heterocycles. The summed E-state index contributed by atoms with van der Waals surface area (Å²) in [4.78, 5) is 24.2. The number of benzene rings is 1. The molecule has 0 aliphatic carbocycles. The van der Waals surface area contributed by atoms with Crippen LogP contribution in [0, 0.1) is 0 Å². The zero-order chi connectivity index (χ0) is 19.6. The highest BCUT2D eigenvalue weighted by molar-refractivity contribution is 7.18. The number of ether oxygens (including phenoxy) is 1. The Bertz CT molecular complexity index is 763. The lowest BCUT2D eigenvalue weighted by molar-refractivity contribution is -0.126. The van der Waals surface area contributed by atoms with E-state index in [1.165, 1.54) is 11.3 Å². The number of carbonyl (C=O) groups is 2. The van der Waals surface area contributed by atoms with Gasteiger partial charge in [-0.15, -0.1) is 10.2 Å². The normalized spacial score (nSPS) is 11.7. The van der Waals surface area contributed by atoms with E-state index in [1.807, 2.05) is 24.3 Å². The highest BCUT2D eigenvalue weighted by Crippen LogP contribution is 2.28. The van der Waals surface area contributed by atoms with Crippen molar-refractivity contribution in [1.29, 1.82) is 0 Å². The van der Waals surface area contributed by atoms with Crippen molar-refractivity contribution in [2.45, 2.75) is 52.0 Å². The van der Waals surface area contributed by atoms with Gasteiger partial charge in [0, 0.05) is 12.0 Å². The molecule has 0 saturated heterocycles. The summed E-state index contributed by atoms with van der Waals surface area (Å²) in [6.45, 7) is 3.78. The van der Waals surface area contributed by atoms with Crippen molar-refractivity contribution < 1.29 is 14.3 Å². The lowest BCUT2D eigenvalue weighted by Crippen LogP contribution is -2.41. The molecule has 146 valence electrons. The van der Waals surface area contributed by atoms with Crippen LogP contribution in [0.2, 0.25) is 0 Å². The Labute approximate surface area is 163 Å². The van der Waals surface area contributed by atoms with Crippen molar-refractivity contribution in [3.8, 4) is 16.3 Å². The molecule has 27 heavy (non-hydrogen) atoms. The van der Waals surface area contributed by atoms with E-state index < -0.39 is 6.04 Å². The number of hydrogen-bond donors (Lipinski definition) is 2. The quantitative estimate of drug-likeness (QED) is 0.604. The van der Waals surface area contributed by atoms with Gasteiger partial charge in [-0.25, -0.2) is 0 Å². The number of anilines is 1. The Morgan fingerprint density at radius 3 is 2.78 bits per heavy atom. The molecule has 2 amide bonds. The second-order valence-electron chi connectivity index (χ2n) is 6.23. The van der Waals surface area contributed by atoms with Crippen molar-refractivity contribution in [3.63, 3.8) is 0 Å². The third-order valence-corrected chi connectivity index (χ3v) is 4.89. The third kappa shape index (κ3) is 6.63. The van der Waals surface area contributed by atoms with Gasteiger partial charge < -0.3 is 10.1 Å². The van der Waals surface area contributed by atoms with Crippen LogP contribution < -0.4 is 15.4 Å². The standard InChI is InChI=1S/C19H26N4O3S/c1-4-5-6-7-11-16(24)20-13(2)17(25)21-19-23-22-18(27-19)14-9-8-10-15(12-14)26-3/h8-10,12-13H,4-7,11H2,1-3H3,(H,20,24)(H,21,23,25). The summed E-state index contributed by atoms with van der Waals surface area (Å²) >= 11 is 1.27. The fourth-order valence-electron chi connectivity index (χ4n) is 2.45. The smallest absolute Gasteiger partial charge is 0.248 e. The summed E-state index contributed by atoms with van der Waals surface area (Å²) in [5, 5.41) is 14.6. The van der Waals surface area contributed by atoms with Crippen molar-refractivity contribution in [2.75, 3.05) is 12.4 Å². The Hall–Kier alpha value is -2.48. The fourth-order valence-corrected chi connectivity index (χ4v) is 3.19. The summed E-state index contributed by atoms with van der Waals surface area (Å²) in [5.74, 6) is 0.303. The van der Waals surface area contributed by atoms with Crippen LogP contribution in [0.1, 0.15) is 46.0 Å². The molecule has 2 N–H and O–H groups in total. The number of hydrogen-bond acceptors (Lipinski definition) is 6. The zero-order valence-electron chi connectivity index (χ0n) is 15.9. The molecule has 8 heteroatoms. The minimum atomic E-state index is -0.632. The summed E-state index contributed by atoms with van der Waals surface area (Å²) in [7, 11) is 1.60. The molecule has 0 fully saturated rings. The van der Waals surface area contributed by atoms with Crippen LogP contribution in [0.3, 0.4) is 0 Å². The van der Waals surface area contributed by atoms with Crippen LogP contribution in [0.15, 0.2) is 24.3 Å². The maximum atomic E-state index is 12.3. The minimum Gasteiger partial charge on any atom is -0.497 e. The molecule has 0 aliphatic rings. The molecule has 0 aliphatic heterocycles. The molecule has 2 aromatic rings. The molecule has 1 unspecified atom stereocenters. The van der Waals surface area contributed by atoms with E-state index >= 15 is 0 Å². The molecular weight excluding hydrogens is 364 g/mol. The predicted octanol–water partition coefficient (Wildman–Crippen LogP) is 3.63. The molecule has 1 aromatic carbocycles. The minimum absolute atomic E-state index is 0.108. The highest BCUT2D eigenvalue weighted by atomic mass is 32.1. The van der Waals surface area contributed by atoms with Gasteiger partial charge in [0.2, 0.25) is 16.9 Å². The number of carbonyl (C=O) groups excluding carboxylic acids is 2. The SMILES string of the molecule is CCCCCCC(=O)NC(C)C(=O)Nc1nnc(-c2cccc(OC)c2)s1. The van der Waals surface area contributed by atoms with Crippen molar-refractivity contribution in [1.82, 2.24) is 15.5 Å². The van der Waals surface area contributed by atoms with Gasteiger partial charge in [0.1, 0.15) is 16.8 Å². The second-order valence-corrected chi connectivity index (χ2v) is 7.21. The van der Waals surface area contributed by atoms with E-state index in [0.717, 1.165) is 37.0 Å². The third-order valence-electron chi connectivity index (χ3n) is 4.00. The number of amides is 2. The average molecular weight is 391 g/mol. The predicted molar refractivity (Wildman–Crippen MR) is 107 cm³/mol. The van der Waals surface area contributed by atoms with Gasteiger partial charge in [-0.3, -0.25) is 14.9 Å². The van der Waals surface area contributed by atoms with Crippen LogP contribution in [0.25, 0.3) is 10.6 Å². The maximum absolute atomic E-state index is 12.3. The Kier molecular flexibility index (Phi) is 8.19.